The minimum Gasteiger partial charge on any atom is -0.368 e. The zero-order valence-corrected chi connectivity index (χ0v) is 4.67. The molecule has 1 heterocycles. The van der Waals surface area contributed by atoms with Crippen LogP contribution in [0.2, 0.25) is 0 Å². The maximum Gasteiger partial charge on any atom is 0.157 e. The maximum absolute atomic E-state index is 8.79. The van der Waals surface area contributed by atoms with Crippen molar-refractivity contribution in [3.8, 4) is 0 Å². The fraction of sp³-hybridized carbons (Fsp3) is 1.00. The molecule has 0 bridgehead atoms. The molecule has 1 aliphatic rings. The van der Waals surface area contributed by atoms with Gasteiger partial charge in [-0.3, -0.25) is 0 Å². The molecule has 1 unspecified atom stereocenters. The van der Waals surface area contributed by atoms with E-state index in [-0.39, 0.29) is 6.79 Å². The molecule has 1 N–H and O–H groups in total. The highest BCUT2D eigenvalue weighted by Crippen LogP contribution is 2.03. The Bertz CT molecular complexity index is 56.7. The lowest BCUT2D eigenvalue weighted by atomic mass is 10.3. The first-order chi connectivity index (χ1) is 3.89. The molecular weight excluding hydrogens is 108 g/mol. The fourth-order valence-corrected chi connectivity index (χ4v) is 0.629. The third-order valence-corrected chi connectivity index (χ3v) is 1.08. The monoisotopic (exact) mass is 118 g/mol. The average molecular weight is 118 g/mol. The lowest BCUT2D eigenvalue weighted by Crippen LogP contribution is -2.09. The number of hydrogen-bond acceptors (Lipinski definition) is 3. The van der Waals surface area contributed by atoms with Crippen LogP contribution >= 0.6 is 0 Å². The van der Waals surface area contributed by atoms with Crippen LogP contribution in [0, 0.1) is 0 Å². The molecule has 0 aromatic rings. The predicted molar refractivity (Wildman–Crippen MR) is 27.1 cm³/mol. The van der Waals surface area contributed by atoms with Gasteiger partial charge in [-0.2, -0.15) is 0 Å². The molecule has 3 nitrogen and oxygen atoms in total. The Hall–Kier alpha value is -0.120. The summed E-state index contributed by atoms with van der Waals surface area (Å²) in [7, 11) is 0. The van der Waals surface area contributed by atoms with Gasteiger partial charge in [0.25, 0.3) is 0 Å². The van der Waals surface area contributed by atoms with Crippen LogP contribution in [0.3, 0.4) is 0 Å². The minimum atomic E-state index is -0.600. The molecule has 3 heteroatoms. The minimum absolute atomic E-state index is 0.237. The van der Waals surface area contributed by atoms with Crippen molar-refractivity contribution >= 4 is 0 Å². The SMILES string of the molecule is OC1CCCOCO1. The Kier molecular flexibility index (Phi) is 2.27. The van der Waals surface area contributed by atoms with Crippen LogP contribution in [0.25, 0.3) is 0 Å². The van der Waals surface area contributed by atoms with Gasteiger partial charge in [-0.15, -0.1) is 0 Å². The van der Waals surface area contributed by atoms with Crippen LogP contribution in [0.15, 0.2) is 0 Å². The highest BCUT2D eigenvalue weighted by atomic mass is 16.7. The summed E-state index contributed by atoms with van der Waals surface area (Å²) in [5.41, 5.74) is 0. The molecular formula is C5H10O3. The van der Waals surface area contributed by atoms with E-state index in [2.05, 4.69) is 0 Å². The predicted octanol–water partition coefficient (Wildman–Crippen LogP) is 0.0893. The molecule has 0 aliphatic carbocycles. The molecule has 1 atom stereocenters. The molecule has 0 saturated carbocycles. The van der Waals surface area contributed by atoms with Gasteiger partial charge in [0.05, 0.1) is 0 Å². The van der Waals surface area contributed by atoms with Crippen LogP contribution in [0.4, 0.5) is 0 Å². The van der Waals surface area contributed by atoms with Crippen molar-refractivity contribution in [1.82, 2.24) is 0 Å². The first kappa shape index (κ1) is 6.01. The number of aliphatic hydroxyl groups excluding tert-OH is 1. The number of aliphatic hydroxyl groups is 1. The highest BCUT2D eigenvalue weighted by molar-refractivity contribution is 4.44. The van der Waals surface area contributed by atoms with E-state index >= 15 is 0 Å². The van der Waals surface area contributed by atoms with Crippen LogP contribution < -0.4 is 0 Å². The number of hydrogen-bond donors (Lipinski definition) is 1. The molecule has 1 rings (SSSR count). The quantitative estimate of drug-likeness (QED) is 0.490. The van der Waals surface area contributed by atoms with E-state index in [1.807, 2.05) is 0 Å². The first-order valence-electron chi connectivity index (χ1n) is 2.77. The van der Waals surface area contributed by atoms with Crippen molar-refractivity contribution in [3.63, 3.8) is 0 Å². The maximum atomic E-state index is 8.79. The normalized spacial score (nSPS) is 31.9. The lowest BCUT2D eigenvalue weighted by Gasteiger charge is -2.03. The topological polar surface area (TPSA) is 38.7 Å². The lowest BCUT2D eigenvalue weighted by molar-refractivity contribution is -0.151. The van der Waals surface area contributed by atoms with Gasteiger partial charge in [0.2, 0.25) is 0 Å². The van der Waals surface area contributed by atoms with Crippen LogP contribution in [-0.4, -0.2) is 24.8 Å². The molecule has 0 amide bonds. The van der Waals surface area contributed by atoms with Gasteiger partial charge in [0.15, 0.2) is 6.29 Å². The van der Waals surface area contributed by atoms with Crippen molar-refractivity contribution < 1.29 is 14.6 Å². The summed E-state index contributed by atoms with van der Waals surface area (Å²) in [4.78, 5) is 0. The zero-order valence-electron chi connectivity index (χ0n) is 4.67. The second kappa shape index (κ2) is 3.02. The number of ether oxygens (including phenoxy) is 2. The average Bonchev–Trinajstić information content (AvgIpc) is 1.94. The van der Waals surface area contributed by atoms with Gasteiger partial charge in [-0.05, 0) is 6.42 Å². The third kappa shape index (κ3) is 1.78. The van der Waals surface area contributed by atoms with E-state index in [9.17, 15) is 0 Å². The summed E-state index contributed by atoms with van der Waals surface area (Å²) in [6.07, 6.45) is 0.985. The summed E-state index contributed by atoms with van der Waals surface area (Å²) in [6.45, 7) is 0.943. The Morgan fingerprint density at radius 2 is 2.38 bits per heavy atom. The summed E-state index contributed by atoms with van der Waals surface area (Å²) in [5.74, 6) is 0. The summed E-state index contributed by atoms with van der Waals surface area (Å²) in [5, 5.41) is 8.79. The van der Waals surface area contributed by atoms with Gasteiger partial charge >= 0.3 is 0 Å². The molecule has 1 aliphatic heterocycles. The van der Waals surface area contributed by atoms with Gasteiger partial charge in [-0.25, -0.2) is 0 Å². The van der Waals surface area contributed by atoms with Gasteiger partial charge in [0.1, 0.15) is 6.79 Å². The standard InChI is InChI=1S/C5H10O3/c6-5-2-1-3-7-4-8-5/h5-6H,1-4H2. The van der Waals surface area contributed by atoms with E-state index in [4.69, 9.17) is 14.6 Å². The molecule has 0 spiro atoms. The third-order valence-electron chi connectivity index (χ3n) is 1.08. The largest absolute Gasteiger partial charge is 0.368 e. The second-order valence-corrected chi connectivity index (χ2v) is 1.79. The Morgan fingerprint density at radius 1 is 1.50 bits per heavy atom. The van der Waals surface area contributed by atoms with E-state index < -0.39 is 6.29 Å². The Morgan fingerprint density at radius 3 is 3.25 bits per heavy atom. The smallest absolute Gasteiger partial charge is 0.157 e. The van der Waals surface area contributed by atoms with E-state index in [1.54, 1.807) is 0 Å². The summed E-state index contributed by atoms with van der Waals surface area (Å²) in [6, 6.07) is 0. The molecule has 1 saturated heterocycles. The van der Waals surface area contributed by atoms with Crippen molar-refractivity contribution in [2.24, 2.45) is 0 Å². The summed E-state index contributed by atoms with van der Waals surface area (Å²) < 4.78 is 9.62. The second-order valence-electron chi connectivity index (χ2n) is 1.79. The molecule has 0 aromatic carbocycles. The van der Waals surface area contributed by atoms with Crippen molar-refractivity contribution in [2.45, 2.75) is 19.1 Å². The van der Waals surface area contributed by atoms with Crippen LogP contribution in [-0.2, 0) is 9.47 Å². The van der Waals surface area contributed by atoms with E-state index in [1.165, 1.54) is 0 Å². The zero-order chi connectivity index (χ0) is 5.82. The first-order valence-corrected chi connectivity index (χ1v) is 2.77. The number of rotatable bonds is 0. The van der Waals surface area contributed by atoms with Crippen molar-refractivity contribution in [2.75, 3.05) is 13.4 Å². The van der Waals surface area contributed by atoms with Gasteiger partial charge in [0, 0.05) is 13.0 Å². The van der Waals surface area contributed by atoms with Crippen LogP contribution in [0.1, 0.15) is 12.8 Å². The molecule has 48 valence electrons. The van der Waals surface area contributed by atoms with Crippen molar-refractivity contribution in [1.29, 1.82) is 0 Å². The van der Waals surface area contributed by atoms with Crippen LogP contribution in [0.5, 0.6) is 0 Å². The molecule has 0 radical (unpaired) electrons. The van der Waals surface area contributed by atoms with Crippen molar-refractivity contribution in [3.05, 3.63) is 0 Å². The van der Waals surface area contributed by atoms with Gasteiger partial charge < -0.3 is 14.6 Å². The summed E-state index contributed by atoms with van der Waals surface area (Å²) >= 11 is 0. The van der Waals surface area contributed by atoms with E-state index in [0.717, 1.165) is 6.42 Å². The highest BCUT2D eigenvalue weighted by Gasteiger charge is 2.06. The molecule has 1 fully saturated rings. The van der Waals surface area contributed by atoms with E-state index in [0.29, 0.717) is 13.0 Å². The van der Waals surface area contributed by atoms with Gasteiger partial charge in [-0.1, -0.05) is 0 Å². The molecule has 0 aromatic heterocycles. The Labute approximate surface area is 48.2 Å². The molecule has 8 heavy (non-hydrogen) atoms. The fourth-order valence-electron chi connectivity index (χ4n) is 0.629. The Balaban J connectivity index is 2.17.